The fraction of sp³-hybridized carbons (Fsp3) is 1.00. The minimum absolute atomic E-state index is 0.0951. The van der Waals surface area contributed by atoms with Gasteiger partial charge in [0.05, 0.1) is 12.2 Å². The summed E-state index contributed by atoms with van der Waals surface area (Å²) in [6.45, 7) is 7.51. The summed E-state index contributed by atoms with van der Waals surface area (Å²) in [4.78, 5) is 0. The second-order valence-corrected chi connectivity index (χ2v) is 5.15. The third kappa shape index (κ3) is 4.12. The van der Waals surface area contributed by atoms with Gasteiger partial charge in [0.1, 0.15) is 0 Å². The highest BCUT2D eigenvalue weighted by molar-refractivity contribution is 4.81. The van der Waals surface area contributed by atoms with E-state index in [2.05, 4.69) is 20.8 Å². The van der Waals surface area contributed by atoms with Gasteiger partial charge in [-0.3, -0.25) is 0 Å². The van der Waals surface area contributed by atoms with Crippen LogP contribution in [-0.4, -0.2) is 23.9 Å². The topological polar surface area (TPSA) is 29.5 Å². The summed E-state index contributed by atoms with van der Waals surface area (Å²) < 4.78 is 5.77. The molecule has 15 heavy (non-hydrogen) atoms. The van der Waals surface area contributed by atoms with Gasteiger partial charge in [-0.25, -0.2) is 0 Å². The molecule has 0 aromatic heterocycles. The smallest absolute Gasteiger partial charge is 0.0836 e. The normalized spacial score (nSPS) is 32.2. The zero-order chi connectivity index (χ0) is 11.3. The molecule has 1 aliphatic rings. The van der Waals surface area contributed by atoms with Crippen molar-refractivity contribution in [2.45, 2.75) is 65.1 Å². The molecule has 1 saturated carbocycles. The molecule has 1 aliphatic carbocycles. The molecule has 0 saturated heterocycles. The average molecular weight is 214 g/mol. The maximum absolute atomic E-state index is 9.84. The van der Waals surface area contributed by atoms with Gasteiger partial charge in [-0.15, -0.1) is 0 Å². The highest BCUT2D eigenvalue weighted by Gasteiger charge is 2.30. The second-order valence-electron chi connectivity index (χ2n) is 5.15. The highest BCUT2D eigenvalue weighted by atomic mass is 16.5. The summed E-state index contributed by atoms with van der Waals surface area (Å²) in [5.41, 5.74) is 0. The number of hydrogen-bond acceptors (Lipinski definition) is 2. The number of unbranched alkanes of at least 4 members (excludes halogenated alkanes) is 1. The zero-order valence-corrected chi connectivity index (χ0v) is 10.4. The lowest BCUT2D eigenvalue weighted by atomic mass is 9.79. The van der Waals surface area contributed by atoms with Crippen molar-refractivity contribution in [3.05, 3.63) is 0 Å². The van der Waals surface area contributed by atoms with Crippen LogP contribution in [0.2, 0.25) is 0 Å². The van der Waals surface area contributed by atoms with Gasteiger partial charge in [-0.2, -0.15) is 0 Å². The third-order valence-electron chi connectivity index (χ3n) is 3.57. The van der Waals surface area contributed by atoms with E-state index in [-0.39, 0.29) is 12.2 Å². The van der Waals surface area contributed by atoms with Crippen molar-refractivity contribution in [1.29, 1.82) is 0 Å². The third-order valence-corrected chi connectivity index (χ3v) is 3.57. The van der Waals surface area contributed by atoms with Crippen LogP contribution in [0.4, 0.5) is 0 Å². The van der Waals surface area contributed by atoms with Gasteiger partial charge in [0.25, 0.3) is 0 Å². The number of rotatable bonds is 5. The second kappa shape index (κ2) is 6.49. The Balaban J connectivity index is 2.32. The van der Waals surface area contributed by atoms with E-state index in [1.807, 2.05) is 0 Å². The summed E-state index contributed by atoms with van der Waals surface area (Å²) in [5.74, 6) is 1.45. The van der Waals surface area contributed by atoms with Gasteiger partial charge in [-0.05, 0) is 37.5 Å². The van der Waals surface area contributed by atoms with Crippen molar-refractivity contribution in [3.8, 4) is 0 Å². The fourth-order valence-corrected chi connectivity index (χ4v) is 2.31. The number of aliphatic hydroxyl groups excluding tert-OH is 1. The van der Waals surface area contributed by atoms with E-state index in [9.17, 15) is 5.11 Å². The van der Waals surface area contributed by atoms with Crippen LogP contribution in [-0.2, 0) is 4.74 Å². The molecule has 1 rings (SSSR count). The van der Waals surface area contributed by atoms with Gasteiger partial charge >= 0.3 is 0 Å². The largest absolute Gasteiger partial charge is 0.390 e. The van der Waals surface area contributed by atoms with E-state index in [1.165, 1.54) is 0 Å². The van der Waals surface area contributed by atoms with Crippen molar-refractivity contribution < 1.29 is 9.84 Å². The lowest BCUT2D eigenvalue weighted by Gasteiger charge is -2.35. The zero-order valence-electron chi connectivity index (χ0n) is 10.4. The Kier molecular flexibility index (Phi) is 5.62. The summed E-state index contributed by atoms with van der Waals surface area (Å²) in [6, 6.07) is 0. The molecule has 0 aromatic rings. The quantitative estimate of drug-likeness (QED) is 0.713. The molecule has 90 valence electrons. The number of ether oxygens (including phenoxy) is 1. The van der Waals surface area contributed by atoms with Gasteiger partial charge in [0.2, 0.25) is 0 Å². The van der Waals surface area contributed by atoms with Crippen LogP contribution in [0, 0.1) is 11.8 Å². The van der Waals surface area contributed by atoms with E-state index in [4.69, 9.17) is 4.74 Å². The Morgan fingerprint density at radius 3 is 2.67 bits per heavy atom. The van der Waals surface area contributed by atoms with E-state index in [0.29, 0.717) is 0 Å². The maximum atomic E-state index is 9.84. The Labute approximate surface area is 94.0 Å². The first-order valence-corrected chi connectivity index (χ1v) is 6.44. The lowest BCUT2D eigenvalue weighted by molar-refractivity contribution is -0.0766. The molecule has 0 aliphatic heterocycles. The fourth-order valence-electron chi connectivity index (χ4n) is 2.31. The van der Waals surface area contributed by atoms with Crippen LogP contribution in [0.25, 0.3) is 0 Å². The molecule has 1 N–H and O–H groups in total. The molecule has 0 heterocycles. The Morgan fingerprint density at radius 2 is 2.07 bits per heavy atom. The van der Waals surface area contributed by atoms with Crippen LogP contribution in [0.15, 0.2) is 0 Å². The van der Waals surface area contributed by atoms with Crippen molar-refractivity contribution in [2.24, 2.45) is 11.8 Å². The summed E-state index contributed by atoms with van der Waals surface area (Å²) in [6.07, 6.45) is 5.26. The molecule has 0 bridgehead atoms. The van der Waals surface area contributed by atoms with Crippen LogP contribution < -0.4 is 0 Å². The van der Waals surface area contributed by atoms with Crippen LogP contribution >= 0.6 is 0 Å². The maximum Gasteiger partial charge on any atom is 0.0836 e. The molecule has 0 aromatic carbocycles. The van der Waals surface area contributed by atoms with E-state index < -0.39 is 0 Å². The average Bonchev–Trinajstić information content (AvgIpc) is 2.20. The Bertz CT molecular complexity index is 168. The Morgan fingerprint density at radius 1 is 1.33 bits per heavy atom. The lowest BCUT2D eigenvalue weighted by Crippen LogP contribution is -2.37. The predicted octanol–water partition coefficient (Wildman–Crippen LogP) is 2.99. The van der Waals surface area contributed by atoms with Crippen molar-refractivity contribution >= 4 is 0 Å². The molecule has 0 radical (unpaired) electrons. The first kappa shape index (κ1) is 13.0. The van der Waals surface area contributed by atoms with E-state index >= 15 is 0 Å². The van der Waals surface area contributed by atoms with Gasteiger partial charge < -0.3 is 9.84 Å². The predicted molar refractivity (Wildman–Crippen MR) is 62.8 cm³/mol. The molecule has 0 spiro atoms. The minimum atomic E-state index is -0.225. The summed E-state index contributed by atoms with van der Waals surface area (Å²) in [7, 11) is 0. The minimum Gasteiger partial charge on any atom is -0.390 e. The van der Waals surface area contributed by atoms with Crippen molar-refractivity contribution in [1.82, 2.24) is 0 Å². The molecule has 3 unspecified atom stereocenters. The van der Waals surface area contributed by atoms with Crippen molar-refractivity contribution in [3.63, 3.8) is 0 Å². The SMILES string of the molecule is CCCCOC1CC(C(C)C)CCC1O. The van der Waals surface area contributed by atoms with Gasteiger partial charge in [0, 0.05) is 6.61 Å². The molecule has 2 heteroatoms. The number of hydrogen-bond donors (Lipinski definition) is 1. The molecule has 3 atom stereocenters. The van der Waals surface area contributed by atoms with Crippen LogP contribution in [0.1, 0.15) is 52.9 Å². The van der Waals surface area contributed by atoms with Crippen LogP contribution in [0.3, 0.4) is 0 Å². The summed E-state index contributed by atoms with van der Waals surface area (Å²) >= 11 is 0. The molecular weight excluding hydrogens is 188 g/mol. The first-order chi connectivity index (χ1) is 7.15. The molecular formula is C13H26O2. The summed E-state index contributed by atoms with van der Waals surface area (Å²) in [5, 5.41) is 9.84. The number of aliphatic hydroxyl groups is 1. The van der Waals surface area contributed by atoms with Gasteiger partial charge in [-0.1, -0.05) is 27.2 Å². The monoisotopic (exact) mass is 214 g/mol. The molecule has 1 fully saturated rings. The van der Waals surface area contributed by atoms with Gasteiger partial charge in [0.15, 0.2) is 0 Å². The van der Waals surface area contributed by atoms with E-state index in [0.717, 1.165) is 50.5 Å². The molecule has 2 nitrogen and oxygen atoms in total. The molecule has 0 amide bonds. The van der Waals surface area contributed by atoms with Crippen LogP contribution in [0.5, 0.6) is 0 Å². The van der Waals surface area contributed by atoms with Crippen molar-refractivity contribution in [2.75, 3.05) is 6.61 Å². The Hall–Kier alpha value is -0.0800. The van der Waals surface area contributed by atoms with E-state index in [1.54, 1.807) is 0 Å². The highest BCUT2D eigenvalue weighted by Crippen LogP contribution is 2.31. The first-order valence-electron chi connectivity index (χ1n) is 6.44. The standard InChI is InChI=1S/C13H26O2/c1-4-5-8-15-13-9-11(10(2)3)6-7-12(13)14/h10-14H,4-9H2,1-3H3.